The van der Waals surface area contributed by atoms with Gasteiger partial charge in [-0.15, -0.1) is 0 Å². The molecule has 1 rings (SSSR count). The minimum absolute atomic E-state index is 0.00270. The molecule has 2 atom stereocenters. The van der Waals surface area contributed by atoms with E-state index in [0.29, 0.717) is 19.5 Å². The van der Waals surface area contributed by atoms with E-state index in [2.05, 4.69) is 6.07 Å². The highest BCUT2D eigenvalue weighted by atomic mass is 16.6. The Kier molecular flexibility index (Phi) is 4.97. The van der Waals surface area contributed by atoms with E-state index < -0.39 is 5.60 Å². The third-order valence-electron chi connectivity index (χ3n) is 3.11. The highest BCUT2D eigenvalue weighted by molar-refractivity contribution is 5.68. The summed E-state index contributed by atoms with van der Waals surface area (Å²) >= 11 is 0. The predicted molar refractivity (Wildman–Crippen MR) is 68.7 cm³/mol. The van der Waals surface area contributed by atoms with Crippen LogP contribution in [0.1, 0.15) is 40.0 Å². The lowest BCUT2D eigenvalue weighted by atomic mass is 9.93. The minimum atomic E-state index is -0.475. The molecule has 1 saturated heterocycles. The molecule has 0 aromatic rings. The first-order valence-corrected chi connectivity index (χ1v) is 6.44. The summed E-state index contributed by atoms with van der Waals surface area (Å²) in [5, 5.41) is 8.75. The zero-order valence-electron chi connectivity index (χ0n) is 11.5. The first-order chi connectivity index (χ1) is 8.33. The standard InChI is InChI=1S/C13H23N3O2/c1-13(2,3)18-12(17)16-8-5-10(4-7-14)11(15)6-9-16/h10-11H,4-6,8-9,15H2,1-3H3. The molecule has 0 spiro atoms. The molecule has 0 aromatic carbocycles. The molecule has 102 valence electrons. The second-order valence-corrected chi connectivity index (χ2v) is 5.83. The summed E-state index contributed by atoms with van der Waals surface area (Å²) in [5.74, 6) is 0.183. The summed E-state index contributed by atoms with van der Waals surface area (Å²) in [6.07, 6.45) is 1.68. The minimum Gasteiger partial charge on any atom is -0.444 e. The molecule has 1 aliphatic heterocycles. The van der Waals surface area contributed by atoms with Crippen molar-refractivity contribution in [1.29, 1.82) is 5.26 Å². The SMILES string of the molecule is CC(C)(C)OC(=O)N1CCC(N)C(CC#N)CC1. The van der Waals surface area contributed by atoms with Crippen LogP contribution < -0.4 is 5.73 Å². The van der Waals surface area contributed by atoms with Gasteiger partial charge < -0.3 is 15.4 Å². The summed E-state index contributed by atoms with van der Waals surface area (Å²) in [6, 6.07) is 2.16. The molecule has 5 nitrogen and oxygen atoms in total. The van der Waals surface area contributed by atoms with Gasteiger partial charge in [0.15, 0.2) is 0 Å². The van der Waals surface area contributed by atoms with E-state index in [-0.39, 0.29) is 18.1 Å². The third-order valence-corrected chi connectivity index (χ3v) is 3.11. The molecule has 18 heavy (non-hydrogen) atoms. The smallest absolute Gasteiger partial charge is 0.410 e. The van der Waals surface area contributed by atoms with E-state index in [1.165, 1.54) is 0 Å². The zero-order chi connectivity index (χ0) is 13.8. The molecule has 1 heterocycles. The van der Waals surface area contributed by atoms with E-state index in [1.54, 1.807) is 4.90 Å². The molecule has 1 amide bonds. The molecule has 1 aliphatic rings. The van der Waals surface area contributed by atoms with Gasteiger partial charge in [-0.1, -0.05) is 0 Å². The van der Waals surface area contributed by atoms with Gasteiger partial charge in [-0.2, -0.15) is 5.26 Å². The van der Waals surface area contributed by atoms with Crippen LogP contribution in [0.3, 0.4) is 0 Å². The van der Waals surface area contributed by atoms with E-state index >= 15 is 0 Å². The Labute approximate surface area is 109 Å². The maximum atomic E-state index is 11.9. The molecule has 0 aliphatic carbocycles. The number of hydrogen-bond acceptors (Lipinski definition) is 4. The maximum Gasteiger partial charge on any atom is 0.410 e. The number of nitriles is 1. The molecule has 5 heteroatoms. The van der Waals surface area contributed by atoms with Crippen molar-refractivity contribution in [3.63, 3.8) is 0 Å². The molecule has 1 fully saturated rings. The largest absolute Gasteiger partial charge is 0.444 e. The van der Waals surface area contributed by atoms with Crippen molar-refractivity contribution >= 4 is 6.09 Å². The fraction of sp³-hybridized carbons (Fsp3) is 0.846. The monoisotopic (exact) mass is 253 g/mol. The van der Waals surface area contributed by atoms with Crippen LogP contribution >= 0.6 is 0 Å². The van der Waals surface area contributed by atoms with Crippen molar-refractivity contribution < 1.29 is 9.53 Å². The summed E-state index contributed by atoms with van der Waals surface area (Å²) in [4.78, 5) is 13.6. The Balaban J connectivity index is 2.56. The molecular formula is C13H23N3O2. The van der Waals surface area contributed by atoms with Gasteiger partial charge in [0.25, 0.3) is 0 Å². The van der Waals surface area contributed by atoms with Crippen molar-refractivity contribution in [3.8, 4) is 6.07 Å². The number of amides is 1. The lowest BCUT2D eigenvalue weighted by Crippen LogP contribution is -2.37. The van der Waals surface area contributed by atoms with E-state index in [1.807, 2.05) is 20.8 Å². The third kappa shape index (κ3) is 4.53. The van der Waals surface area contributed by atoms with Crippen LogP contribution in [0, 0.1) is 17.2 Å². The number of ether oxygens (including phenoxy) is 1. The predicted octanol–water partition coefficient (Wildman–Crippen LogP) is 1.87. The molecule has 0 radical (unpaired) electrons. The van der Waals surface area contributed by atoms with Gasteiger partial charge in [0.05, 0.1) is 6.07 Å². The van der Waals surface area contributed by atoms with Gasteiger partial charge in [0.2, 0.25) is 0 Å². The molecule has 0 aromatic heterocycles. The quantitative estimate of drug-likeness (QED) is 0.773. The van der Waals surface area contributed by atoms with Crippen LogP contribution in [-0.4, -0.2) is 35.7 Å². The normalized spacial score (nSPS) is 25.2. The lowest BCUT2D eigenvalue weighted by Gasteiger charge is -2.26. The highest BCUT2D eigenvalue weighted by Gasteiger charge is 2.28. The van der Waals surface area contributed by atoms with Gasteiger partial charge in [0.1, 0.15) is 5.60 Å². The Morgan fingerprint density at radius 1 is 1.44 bits per heavy atom. The van der Waals surface area contributed by atoms with Crippen LogP contribution in [-0.2, 0) is 4.74 Å². The van der Waals surface area contributed by atoms with Gasteiger partial charge in [-0.25, -0.2) is 4.79 Å². The van der Waals surface area contributed by atoms with Crippen molar-refractivity contribution in [2.75, 3.05) is 13.1 Å². The van der Waals surface area contributed by atoms with E-state index in [4.69, 9.17) is 15.7 Å². The van der Waals surface area contributed by atoms with Crippen LogP contribution in [0.2, 0.25) is 0 Å². The van der Waals surface area contributed by atoms with E-state index in [0.717, 1.165) is 12.8 Å². The molecule has 0 bridgehead atoms. The number of likely N-dealkylation sites (tertiary alicyclic amines) is 1. The van der Waals surface area contributed by atoms with Gasteiger partial charge >= 0.3 is 6.09 Å². The van der Waals surface area contributed by atoms with Crippen molar-refractivity contribution in [2.24, 2.45) is 11.7 Å². The highest BCUT2D eigenvalue weighted by Crippen LogP contribution is 2.21. The van der Waals surface area contributed by atoms with Gasteiger partial charge in [-0.3, -0.25) is 0 Å². The van der Waals surface area contributed by atoms with Crippen molar-refractivity contribution in [2.45, 2.75) is 51.7 Å². The molecular weight excluding hydrogens is 230 g/mol. The van der Waals surface area contributed by atoms with Crippen LogP contribution in [0.15, 0.2) is 0 Å². The summed E-state index contributed by atoms with van der Waals surface area (Å²) in [6.45, 7) is 6.79. The Morgan fingerprint density at radius 2 is 2.06 bits per heavy atom. The van der Waals surface area contributed by atoms with Gasteiger partial charge in [-0.05, 0) is 39.5 Å². The zero-order valence-corrected chi connectivity index (χ0v) is 11.5. The topological polar surface area (TPSA) is 79.3 Å². The van der Waals surface area contributed by atoms with Crippen LogP contribution in [0.25, 0.3) is 0 Å². The number of rotatable bonds is 1. The summed E-state index contributed by atoms with van der Waals surface area (Å²) < 4.78 is 5.34. The van der Waals surface area contributed by atoms with Gasteiger partial charge in [0, 0.05) is 25.6 Å². The fourth-order valence-electron chi connectivity index (χ4n) is 2.07. The summed E-state index contributed by atoms with van der Waals surface area (Å²) in [5.41, 5.74) is 5.55. The van der Waals surface area contributed by atoms with E-state index in [9.17, 15) is 4.79 Å². The Bertz CT molecular complexity index is 330. The maximum absolute atomic E-state index is 11.9. The Hall–Kier alpha value is -1.28. The number of hydrogen-bond donors (Lipinski definition) is 1. The second kappa shape index (κ2) is 6.05. The van der Waals surface area contributed by atoms with Crippen molar-refractivity contribution in [3.05, 3.63) is 0 Å². The number of nitrogens with two attached hydrogens (primary N) is 1. The molecule has 2 N–H and O–H groups in total. The number of carbonyl (C=O) groups is 1. The summed E-state index contributed by atoms with van der Waals surface area (Å²) in [7, 11) is 0. The average Bonchev–Trinajstić information content (AvgIpc) is 2.40. The first kappa shape index (κ1) is 14.8. The lowest BCUT2D eigenvalue weighted by molar-refractivity contribution is 0.0255. The second-order valence-electron chi connectivity index (χ2n) is 5.83. The first-order valence-electron chi connectivity index (χ1n) is 6.44. The van der Waals surface area contributed by atoms with Crippen molar-refractivity contribution in [1.82, 2.24) is 4.90 Å². The number of carbonyl (C=O) groups excluding carboxylic acids is 1. The number of nitrogens with zero attached hydrogens (tertiary/aromatic N) is 2. The van der Waals surface area contributed by atoms with Crippen LogP contribution in [0.5, 0.6) is 0 Å². The average molecular weight is 253 g/mol. The van der Waals surface area contributed by atoms with Crippen LogP contribution in [0.4, 0.5) is 4.79 Å². The molecule has 2 unspecified atom stereocenters. The Morgan fingerprint density at radius 3 is 2.61 bits per heavy atom. The fourth-order valence-corrected chi connectivity index (χ4v) is 2.07. The molecule has 0 saturated carbocycles.